The molecule has 1 rings (SSSR count). The maximum absolute atomic E-state index is 4.87. The van der Waals surface area contributed by atoms with Gasteiger partial charge >= 0.3 is 0 Å². The molecule has 74 valence electrons. The van der Waals surface area contributed by atoms with Crippen molar-refractivity contribution in [2.24, 2.45) is 5.10 Å². The van der Waals surface area contributed by atoms with Crippen LogP contribution in [0.4, 0.5) is 0 Å². The molecule has 5 heteroatoms. The average Bonchev–Trinajstić information content (AvgIpc) is 2.26. The van der Waals surface area contributed by atoms with E-state index in [1.165, 1.54) is 0 Å². The van der Waals surface area contributed by atoms with Gasteiger partial charge in [-0.05, 0) is 31.3 Å². The van der Waals surface area contributed by atoms with Crippen LogP contribution in [0, 0.1) is 0 Å². The normalized spacial score (nSPS) is 10.9. The van der Waals surface area contributed by atoms with E-state index < -0.39 is 0 Å². The summed E-state index contributed by atoms with van der Waals surface area (Å²) in [6, 6.07) is 5.67. The summed E-state index contributed by atoms with van der Waals surface area (Å²) in [6.07, 6.45) is 1.73. The number of pyridine rings is 1. The van der Waals surface area contributed by atoms with E-state index in [4.69, 9.17) is 12.2 Å². The van der Waals surface area contributed by atoms with Crippen molar-refractivity contribution in [2.45, 2.75) is 6.92 Å². The Kier molecular flexibility index (Phi) is 4.00. The first-order valence-corrected chi connectivity index (χ1v) is 4.58. The highest BCUT2D eigenvalue weighted by Gasteiger charge is 1.96. The average molecular weight is 208 g/mol. The minimum absolute atomic E-state index is 0.486. The van der Waals surface area contributed by atoms with Crippen LogP contribution in [0.3, 0.4) is 0 Å². The van der Waals surface area contributed by atoms with Crippen molar-refractivity contribution in [1.82, 2.24) is 15.7 Å². The van der Waals surface area contributed by atoms with E-state index in [9.17, 15) is 0 Å². The van der Waals surface area contributed by atoms with Gasteiger partial charge < -0.3 is 5.32 Å². The second-order valence-corrected chi connectivity index (χ2v) is 3.01. The molecule has 4 nitrogen and oxygen atoms in total. The number of hydrazone groups is 1. The maximum Gasteiger partial charge on any atom is 0.186 e. The van der Waals surface area contributed by atoms with Gasteiger partial charge in [-0.25, -0.2) is 0 Å². The lowest BCUT2D eigenvalue weighted by Gasteiger charge is -2.02. The lowest BCUT2D eigenvalue weighted by molar-refractivity contribution is 0.971. The fourth-order valence-electron chi connectivity index (χ4n) is 0.825. The van der Waals surface area contributed by atoms with Crippen molar-refractivity contribution >= 4 is 23.0 Å². The number of thiocarbonyl (C=S) groups is 1. The molecule has 0 atom stereocenters. The second kappa shape index (κ2) is 5.29. The Morgan fingerprint density at radius 2 is 2.29 bits per heavy atom. The van der Waals surface area contributed by atoms with E-state index in [2.05, 4.69) is 20.8 Å². The molecular weight excluding hydrogens is 196 g/mol. The lowest BCUT2D eigenvalue weighted by Crippen LogP contribution is -2.29. The summed E-state index contributed by atoms with van der Waals surface area (Å²) in [5, 5.41) is 7.32. The van der Waals surface area contributed by atoms with Gasteiger partial charge in [0.15, 0.2) is 5.11 Å². The molecule has 0 fully saturated rings. The number of hydrogen-bond donors (Lipinski definition) is 2. The van der Waals surface area contributed by atoms with Crippen LogP contribution >= 0.6 is 12.2 Å². The number of nitrogens with one attached hydrogen (secondary N) is 2. The molecule has 0 aliphatic rings. The van der Waals surface area contributed by atoms with E-state index in [-0.39, 0.29) is 0 Å². The van der Waals surface area contributed by atoms with Crippen LogP contribution in [0.2, 0.25) is 0 Å². The fraction of sp³-hybridized carbons (Fsp3) is 0.222. The number of rotatable bonds is 2. The monoisotopic (exact) mass is 208 g/mol. The van der Waals surface area contributed by atoms with Crippen molar-refractivity contribution in [3.63, 3.8) is 0 Å². The van der Waals surface area contributed by atoms with Crippen LogP contribution in [0.5, 0.6) is 0 Å². The van der Waals surface area contributed by atoms with Gasteiger partial charge in [0.25, 0.3) is 0 Å². The molecule has 0 saturated carbocycles. The highest BCUT2D eigenvalue weighted by atomic mass is 32.1. The van der Waals surface area contributed by atoms with Crippen LogP contribution in [0.1, 0.15) is 12.6 Å². The minimum Gasteiger partial charge on any atom is -0.364 e. The summed E-state index contributed by atoms with van der Waals surface area (Å²) in [5.74, 6) is 0. The van der Waals surface area contributed by atoms with Gasteiger partial charge in [-0.2, -0.15) is 5.10 Å². The van der Waals surface area contributed by atoms with E-state index in [0.29, 0.717) is 5.11 Å². The first-order valence-electron chi connectivity index (χ1n) is 4.17. The van der Waals surface area contributed by atoms with Gasteiger partial charge in [0, 0.05) is 13.2 Å². The summed E-state index contributed by atoms with van der Waals surface area (Å²) in [5.41, 5.74) is 4.33. The highest BCUT2D eigenvalue weighted by Crippen LogP contribution is 1.94. The zero-order chi connectivity index (χ0) is 10.4. The number of aromatic nitrogens is 1. The maximum atomic E-state index is 4.87. The van der Waals surface area contributed by atoms with Crippen LogP contribution in [-0.4, -0.2) is 22.9 Å². The van der Waals surface area contributed by atoms with Crippen LogP contribution in [0.15, 0.2) is 29.5 Å². The summed E-state index contributed by atoms with van der Waals surface area (Å²) in [4.78, 5) is 4.15. The Bertz CT molecular complexity index is 334. The molecule has 0 aliphatic carbocycles. The summed E-state index contributed by atoms with van der Waals surface area (Å²) >= 11 is 4.87. The molecular formula is C9H12N4S. The van der Waals surface area contributed by atoms with Crippen LogP contribution in [0.25, 0.3) is 0 Å². The standard InChI is InChI=1S/C9H12N4S/c1-7(12-13-9(14)10-2)8-5-3-4-6-11-8/h3-6H,1-2H3,(H2,10,13,14)/b12-7+. The SMILES string of the molecule is CNC(=S)N/N=C(\C)c1ccccn1. The third-order valence-electron chi connectivity index (χ3n) is 1.59. The first kappa shape index (κ1) is 10.6. The smallest absolute Gasteiger partial charge is 0.186 e. The van der Waals surface area contributed by atoms with Crippen molar-refractivity contribution in [3.8, 4) is 0 Å². The Morgan fingerprint density at radius 1 is 1.50 bits per heavy atom. The molecule has 0 spiro atoms. The van der Waals surface area contributed by atoms with Gasteiger partial charge in [0.05, 0.1) is 11.4 Å². The fourth-order valence-corrected chi connectivity index (χ4v) is 0.870. The number of hydrogen-bond acceptors (Lipinski definition) is 3. The largest absolute Gasteiger partial charge is 0.364 e. The lowest BCUT2D eigenvalue weighted by atomic mass is 10.3. The Balaban J connectivity index is 2.66. The van der Waals surface area contributed by atoms with Crippen molar-refractivity contribution in [1.29, 1.82) is 0 Å². The van der Waals surface area contributed by atoms with E-state index >= 15 is 0 Å². The van der Waals surface area contributed by atoms with Crippen LogP contribution in [-0.2, 0) is 0 Å². The second-order valence-electron chi connectivity index (χ2n) is 2.60. The summed E-state index contributed by atoms with van der Waals surface area (Å²) < 4.78 is 0. The molecule has 1 aromatic heterocycles. The van der Waals surface area contributed by atoms with Crippen molar-refractivity contribution < 1.29 is 0 Å². The zero-order valence-electron chi connectivity index (χ0n) is 8.11. The van der Waals surface area contributed by atoms with Gasteiger partial charge in [-0.15, -0.1) is 0 Å². The third-order valence-corrected chi connectivity index (χ3v) is 1.88. The van der Waals surface area contributed by atoms with Gasteiger partial charge in [0.1, 0.15) is 0 Å². The van der Waals surface area contributed by atoms with Crippen molar-refractivity contribution in [2.75, 3.05) is 7.05 Å². The van der Waals surface area contributed by atoms with Gasteiger partial charge in [0.2, 0.25) is 0 Å². The molecule has 0 saturated heterocycles. The molecule has 2 N–H and O–H groups in total. The van der Waals surface area contributed by atoms with E-state index in [1.54, 1.807) is 13.2 Å². The molecule has 0 radical (unpaired) electrons. The van der Waals surface area contributed by atoms with E-state index in [1.807, 2.05) is 25.1 Å². The molecule has 1 aromatic rings. The molecule has 0 amide bonds. The molecule has 14 heavy (non-hydrogen) atoms. The first-order chi connectivity index (χ1) is 6.74. The minimum atomic E-state index is 0.486. The summed E-state index contributed by atoms with van der Waals surface area (Å²) in [6.45, 7) is 1.87. The van der Waals surface area contributed by atoms with Crippen LogP contribution < -0.4 is 10.7 Å². The molecule has 0 aromatic carbocycles. The number of nitrogens with zero attached hydrogens (tertiary/aromatic N) is 2. The predicted molar refractivity (Wildman–Crippen MR) is 61.2 cm³/mol. The van der Waals surface area contributed by atoms with E-state index in [0.717, 1.165) is 11.4 Å². The highest BCUT2D eigenvalue weighted by molar-refractivity contribution is 7.80. The quantitative estimate of drug-likeness (QED) is 0.431. The Labute approximate surface area is 88.4 Å². The molecule has 0 aliphatic heterocycles. The Morgan fingerprint density at radius 3 is 2.86 bits per heavy atom. The molecule has 1 heterocycles. The zero-order valence-corrected chi connectivity index (χ0v) is 8.93. The predicted octanol–water partition coefficient (Wildman–Crippen LogP) is 0.899. The topological polar surface area (TPSA) is 49.3 Å². The van der Waals surface area contributed by atoms with Gasteiger partial charge in [-0.3, -0.25) is 10.4 Å². The van der Waals surface area contributed by atoms with Crippen molar-refractivity contribution in [3.05, 3.63) is 30.1 Å². The molecule has 0 bridgehead atoms. The third kappa shape index (κ3) is 3.10. The summed E-state index contributed by atoms with van der Waals surface area (Å²) in [7, 11) is 1.74. The van der Waals surface area contributed by atoms with Gasteiger partial charge in [-0.1, -0.05) is 6.07 Å². The molecule has 0 unspecified atom stereocenters. The Hall–Kier alpha value is -1.49.